The molecule has 0 aromatic heterocycles. The van der Waals surface area contributed by atoms with Crippen molar-refractivity contribution in [2.45, 2.75) is 20.3 Å². The average Bonchev–Trinajstić information content (AvgIpc) is 2.45. The summed E-state index contributed by atoms with van der Waals surface area (Å²) in [5, 5.41) is 6.59. The largest absolute Gasteiger partial charge is 0.495 e. The molecule has 0 saturated heterocycles. The summed E-state index contributed by atoms with van der Waals surface area (Å²) in [6.07, 6.45) is 0.0599. The molecule has 0 atom stereocenters. The fourth-order valence-electron chi connectivity index (χ4n) is 1.71. The molecule has 22 heavy (non-hydrogen) atoms. The van der Waals surface area contributed by atoms with Gasteiger partial charge in [0.05, 0.1) is 19.2 Å². The highest BCUT2D eigenvalue weighted by Gasteiger charge is 2.09. The van der Waals surface area contributed by atoms with Crippen LogP contribution >= 0.6 is 0 Å². The first kappa shape index (κ1) is 17.6. The number of hydrogen-bond acceptors (Lipinski definition) is 5. The van der Waals surface area contributed by atoms with Crippen molar-refractivity contribution in [1.82, 2.24) is 5.43 Å². The van der Waals surface area contributed by atoms with Crippen molar-refractivity contribution < 1.29 is 19.1 Å². The van der Waals surface area contributed by atoms with Crippen LogP contribution in [-0.4, -0.2) is 38.4 Å². The standard InChI is InChI=1S/C15H21N3O4/c1-10-5-6-13(22-4)12(7-10)16-14(19)8-11(2)17-18-15(20)9-21-3/h5-7H,8-9H2,1-4H3,(H,16,19)(H,18,20). The fraction of sp³-hybridized carbons (Fsp3) is 0.400. The van der Waals surface area contributed by atoms with E-state index >= 15 is 0 Å². The van der Waals surface area contributed by atoms with Gasteiger partial charge in [-0.15, -0.1) is 0 Å². The normalized spacial score (nSPS) is 11.0. The molecule has 0 aliphatic rings. The molecule has 0 radical (unpaired) electrons. The Kier molecular flexibility index (Phi) is 7.04. The number of benzene rings is 1. The minimum atomic E-state index is -0.373. The number of hydrazone groups is 1. The van der Waals surface area contributed by atoms with Crippen LogP contribution in [0, 0.1) is 6.92 Å². The van der Waals surface area contributed by atoms with Gasteiger partial charge in [-0.2, -0.15) is 5.10 Å². The number of carbonyl (C=O) groups excluding carboxylic acids is 2. The summed E-state index contributed by atoms with van der Waals surface area (Å²) in [5.74, 6) is -0.0318. The molecular weight excluding hydrogens is 286 g/mol. The highest BCUT2D eigenvalue weighted by atomic mass is 16.5. The van der Waals surface area contributed by atoms with Crippen LogP contribution in [0.15, 0.2) is 23.3 Å². The van der Waals surface area contributed by atoms with Crippen molar-refractivity contribution in [2.75, 3.05) is 26.1 Å². The highest BCUT2D eigenvalue weighted by molar-refractivity contribution is 6.06. The first-order valence-corrected chi connectivity index (χ1v) is 6.71. The Balaban J connectivity index is 2.61. The van der Waals surface area contributed by atoms with E-state index < -0.39 is 0 Å². The molecule has 120 valence electrons. The van der Waals surface area contributed by atoms with E-state index in [-0.39, 0.29) is 24.8 Å². The van der Waals surface area contributed by atoms with E-state index in [1.807, 2.05) is 19.1 Å². The summed E-state index contributed by atoms with van der Waals surface area (Å²) in [6.45, 7) is 3.50. The minimum absolute atomic E-state index is 0.0599. The zero-order chi connectivity index (χ0) is 16.5. The zero-order valence-corrected chi connectivity index (χ0v) is 13.2. The van der Waals surface area contributed by atoms with E-state index in [0.717, 1.165) is 5.56 Å². The second-order valence-electron chi connectivity index (χ2n) is 4.74. The van der Waals surface area contributed by atoms with Gasteiger partial charge in [0.2, 0.25) is 5.91 Å². The third-order valence-electron chi connectivity index (χ3n) is 2.69. The summed E-state index contributed by atoms with van der Waals surface area (Å²) >= 11 is 0. The first-order chi connectivity index (χ1) is 10.5. The second kappa shape index (κ2) is 8.78. The Hall–Kier alpha value is -2.41. The van der Waals surface area contributed by atoms with E-state index in [4.69, 9.17) is 4.74 Å². The number of hydrogen-bond donors (Lipinski definition) is 2. The SMILES string of the molecule is COCC(=O)NN=C(C)CC(=O)Nc1cc(C)ccc1OC. The van der Waals surface area contributed by atoms with Crippen molar-refractivity contribution in [3.63, 3.8) is 0 Å². The quantitative estimate of drug-likeness (QED) is 0.590. The van der Waals surface area contributed by atoms with Crippen LogP contribution in [0.2, 0.25) is 0 Å². The minimum Gasteiger partial charge on any atom is -0.495 e. The van der Waals surface area contributed by atoms with E-state index in [1.165, 1.54) is 7.11 Å². The van der Waals surface area contributed by atoms with Crippen LogP contribution in [0.4, 0.5) is 5.69 Å². The molecule has 0 aliphatic heterocycles. The van der Waals surface area contributed by atoms with Crippen molar-refractivity contribution in [3.8, 4) is 5.75 Å². The number of carbonyl (C=O) groups is 2. The van der Waals surface area contributed by atoms with Gasteiger partial charge < -0.3 is 14.8 Å². The molecule has 1 rings (SSSR count). The lowest BCUT2D eigenvalue weighted by Crippen LogP contribution is -2.24. The number of anilines is 1. The number of methoxy groups -OCH3 is 2. The Labute approximate surface area is 129 Å². The lowest BCUT2D eigenvalue weighted by molar-refractivity contribution is -0.124. The van der Waals surface area contributed by atoms with Crippen molar-refractivity contribution in [2.24, 2.45) is 5.10 Å². The molecule has 0 aliphatic carbocycles. The molecule has 7 heteroatoms. The predicted octanol–water partition coefficient (Wildman–Crippen LogP) is 1.47. The summed E-state index contributed by atoms with van der Waals surface area (Å²) < 4.78 is 9.85. The van der Waals surface area contributed by atoms with E-state index in [1.54, 1.807) is 20.1 Å². The van der Waals surface area contributed by atoms with Crippen molar-refractivity contribution in [1.29, 1.82) is 0 Å². The smallest absolute Gasteiger partial charge is 0.266 e. The molecular formula is C15H21N3O4. The predicted molar refractivity (Wildman–Crippen MR) is 84.1 cm³/mol. The van der Waals surface area contributed by atoms with Crippen LogP contribution in [0.25, 0.3) is 0 Å². The molecule has 1 aromatic carbocycles. The highest BCUT2D eigenvalue weighted by Crippen LogP contribution is 2.25. The van der Waals surface area contributed by atoms with Gasteiger partial charge in [0.15, 0.2) is 0 Å². The molecule has 7 nitrogen and oxygen atoms in total. The van der Waals surface area contributed by atoms with Crippen molar-refractivity contribution >= 4 is 23.2 Å². The number of amides is 2. The maximum absolute atomic E-state index is 12.0. The lowest BCUT2D eigenvalue weighted by atomic mass is 10.2. The molecule has 0 fully saturated rings. The number of aryl methyl sites for hydroxylation is 1. The molecule has 0 bridgehead atoms. The Bertz CT molecular complexity index is 570. The second-order valence-corrected chi connectivity index (χ2v) is 4.74. The first-order valence-electron chi connectivity index (χ1n) is 6.71. The Morgan fingerprint density at radius 3 is 2.59 bits per heavy atom. The van der Waals surface area contributed by atoms with E-state index in [2.05, 4.69) is 20.6 Å². The summed E-state index contributed by atoms with van der Waals surface area (Å²) in [6, 6.07) is 5.51. The van der Waals surface area contributed by atoms with Crippen LogP contribution < -0.4 is 15.5 Å². The molecule has 1 aromatic rings. The van der Waals surface area contributed by atoms with E-state index in [0.29, 0.717) is 17.1 Å². The van der Waals surface area contributed by atoms with Gasteiger partial charge in [-0.1, -0.05) is 6.07 Å². The number of ether oxygens (including phenoxy) is 2. The third kappa shape index (κ3) is 5.92. The topological polar surface area (TPSA) is 89.0 Å². The molecule has 0 unspecified atom stereocenters. The van der Waals surface area contributed by atoms with Gasteiger partial charge in [0.25, 0.3) is 5.91 Å². The molecule has 2 amide bonds. The van der Waals surface area contributed by atoms with Gasteiger partial charge in [-0.25, -0.2) is 5.43 Å². The maximum atomic E-state index is 12.0. The summed E-state index contributed by atoms with van der Waals surface area (Å²) in [4.78, 5) is 23.2. The monoisotopic (exact) mass is 307 g/mol. The third-order valence-corrected chi connectivity index (χ3v) is 2.69. The van der Waals surface area contributed by atoms with Crippen LogP contribution in [0.3, 0.4) is 0 Å². The summed E-state index contributed by atoms with van der Waals surface area (Å²) in [5.41, 5.74) is 4.39. The van der Waals surface area contributed by atoms with Gasteiger partial charge in [-0.3, -0.25) is 9.59 Å². The Morgan fingerprint density at radius 1 is 1.23 bits per heavy atom. The molecule has 2 N–H and O–H groups in total. The van der Waals surface area contributed by atoms with Gasteiger partial charge in [-0.05, 0) is 31.5 Å². The van der Waals surface area contributed by atoms with Gasteiger partial charge >= 0.3 is 0 Å². The van der Waals surface area contributed by atoms with Gasteiger partial charge in [0.1, 0.15) is 12.4 Å². The molecule has 0 spiro atoms. The zero-order valence-electron chi connectivity index (χ0n) is 13.2. The van der Waals surface area contributed by atoms with Crippen molar-refractivity contribution in [3.05, 3.63) is 23.8 Å². The number of nitrogens with zero attached hydrogens (tertiary/aromatic N) is 1. The maximum Gasteiger partial charge on any atom is 0.266 e. The Morgan fingerprint density at radius 2 is 1.95 bits per heavy atom. The average molecular weight is 307 g/mol. The van der Waals surface area contributed by atoms with Gasteiger partial charge in [0, 0.05) is 12.8 Å². The van der Waals surface area contributed by atoms with Crippen LogP contribution in [0.5, 0.6) is 5.75 Å². The van der Waals surface area contributed by atoms with Crippen LogP contribution in [0.1, 0.15) is 18.9 Å². The number of rotatable bonds is 7. The van der Waals surface area contributed by atoms with Crippen LogP contribution in [-0.2, 0) is 14.3 Å². The van der Waals surface area contributed by atoms with E-state index in [9.17, 15) is 9.59 Å². The molecule has 0 saturated carbocycles. The lowest BCUT2D eigenvalue weighted by Gasteiger charge is -2.11. The summed E-state index contributed by atoms with van der Waals surface area (Å²) in [7, 11) is 2.96. The fourth-order valence-corrected chi connectivity index (χ4v) is 1.71. The molecule has 0 heterocycles. The number of nitrogens with one attached hydrogen (secondary N) is 2.